The second kappa shape index (κ2) is 6.91. The van der Waals surface area contributed by atoms with Crippen LogP contribution < -0.4 is 5.32 Å². The maximum Gasteiger partial charge on any atom is 0.244 e. The molecule has 0 fully saturated rings. The first-order valence-corrected chi connectivity index (χ1v) is 7.32. The molecule has 0 aliphatic carbocycles. The minimum Gasteiger partial charge on any atom is -0.354 e. The molecule has 0 aliphatic rings. The molecule has 0 radical (unpaired) electrons. The van der Waals surface area contributed by atoms with Gasteiger partial charge in [-0.3, -0.25) is 4.79 Å². The van der Waals surface area contributed by atoms with Crippen LogP contribution in [-0.2, 0) is 4.79 Å². The lowest BCUT2D eigenvalue weighted by Crippen LogP contribution is -2.33. The molecule has 1 heterocycles. The fraction of sp³-hybridized carbons (Fsp3) is 0.357. The van der Waals surface area contributed by atoms with Crippen LogP contribution in [0, 0.1) is 0 Å². The van der Waals surface area contributed by atoms with Crippen LogP contribution in [-0.4, -0.2) is 27.2 Å². The van der Waals surface area contributed by atoms with E-state index in [1.165, 1.54) is 17.3 Å². The van der Waals surface area contributed by atoms with Gasteiger partial charge in [0.05, 0.1) is 0 Å². The van der Waals surface area contributed by atoms with Gasteiger partial charge in [0.2, 0.25) is 5.91 Å². The second-order valence-corrected chi connectivity index (χ2v) is 5.65. The fourth-order valence-electron chi connectivity index (χ4n) is 2.02. The molecule has 0 bridgehead atoms. The summed E-state index contributed by atoms with van der Waals surface area (Å²) in [6.07, 6.45) is 2.91. The Kier molecular flexibility index (Phi) is 5.20. The number of carbonyl (C=O) groups is 1. The summed E-state index contributed by atoms with van der Waals surface area (Å²) in [5.41, 5.74) is 0.842. The molecule has 21 heavy (non-hydrogen) atoms. The van der Waals surface area contributed by atoms with Crippen molar-refractivity contribution in [3.63, 3.8) is 0 Å². The van der Waals surface area contributed by atoms with Crippen molar-refractivity contribution < 1.29 is 4.79 Å². The molecular weight excluding hydrogens is 311 g/mol. The third kappa shape index (κ3) is 3.74. The molecule has 1 amide bonds. The molecule has 112 valence electrons. The molecule has 0 spiro atoms. The molecule has 0 saturated heterocycles. The molecular formula is C14H16Cl2N4O. The van der Waals surface area contributed by atoms with Gasteiger partial charge in [0.25, 0.3) is 0 Å². The summed E-state index contributed by atoms with van der Waals surface area (Å²) in [5.74, 6) is -0.117. The molecule has 7 heteroatoms. The summed E-state index contributed by atoms with van der Waals surface area (Å²) >= 11 is 12.3. The van der Waals surface area contributed by atoms with Crippen LogP contribution in [0.15, 0.2) is 30.9 Å². The Morgan fingerprint density at radius 2 is 2.00 bits per heavy atom. The van der Waals surface area contributed by atoms with Gasteiger partial charge in [-0.15, -0.1) is 0 Å². The first-order chi connectivity index (χ1) is 10.0. The molecule has 1 aromatic carbocycles. The zero-order valence-corrected chi connectivity index (χ0v) is 13.3. The monoisotopic (exact) mass is 326 g/mol. The van der Waals surface area contributed by atoms with E-state index in [2.05, 4.69) is 15.4 Å². The van der Waals surface area contributed by atoms with Crippen LogP contribution >= 0.6 is 23.2 Å². The Morgan fingerprint density at radius 3 is 2.57 bits per heavy atom. The average Bonchev–Trinajstić information content (AvgIpc) is 2.97. The smallest absolute Gasteiger partial charge is 0.244 e. The molecule has 2 aromatic rings. The van der Waals surface area contributed by atoms with E-state index >= 15 is 0 Å². The molecule has 2 rings (SSSR count). The van der Waals surface area contributed by atoms with Gasteiger partial charge < -0.3 is 5.32 Å². The SMILES string of the molecule is CC(CNC(=O)C(C)n1cncn1)c1c(Cl)cccc1Cl. The summed E-state index contributed by atoms with van der Waals surface area (Å²) < 4.78 is 1.50. The van der Waals surface area contributed by atoms with Gasteiger partial charge in [-0.05, 0) is 24.6 Å². The molecule has 1 N–H and O–H groups in total. The van der Waals surface area contributed by atoms with E-state index in [0.29, 0.717) is 16.6 Å². The van der Waals surface area contributed by atoms with E-state index in [4.69, 9.17) is 23.2 Å². The number of rotatable bonds is 5. The Hall–Kier alpha value is -1.59. The summed E-state index contributed by atoms with van der Waals surface area (Å²) in [6, 6.07) is 4.96. The molecule has 0 aliphatic heterocycles. The van der Waals surface area contributed by atoms with Gasteiger partial charge in [-0.2, -0.15) is 5.10 Å². The predicted molar refractivity (Wildman–Crippen MR) is 82.6 cm³/mol. The minimum absolute atomic E-state index is 0.0121. The zero-order valence-electron chi connectivity index (χ0n) is 11.8. The zero-order chi connectivity index (χ0) is 15.4. The topological polar surface area (TPSA) is 59.8 Å². The number of benzene rings is 1. The lowest BCUT2D eigenvalue weighted by Gasteiger charge is -2.18. The summed E-state index contributed by atoms with van der Waals surface area (Å²) in [5, 5.41) is 8.04. The Morgan fingerprint density at radius 1 is 1.33 bits per heavy atom. The largest absolute Gasteiger partial charge is 0.354 e. The molecule has 2 atom stereocenters. The van der Waals surface area contributed by atoms with Crippen LogP contribution in [0.5, 0.6) is 0 Å². The van der Waals surface area contributed by atoms with Crippen molar-refractivity contribution in [3.05, 3.63) is 46.5 Å². The summed E-state index contributed by atoms with van der Waals surface area (Å²) in [6.45, 7) is 4.17. The second-order valence-electron chi connectivity index (χ2n) is 4.83. The Bertz CT molecular complexity index is 595. The molecule has 5 nitrogen and oxygen atoms in total. The van der Waals surface area contributed by atoms with Crippen molar-refractivity contribution in [1.29, 1.82) is 0 Å². The standard InChI is InChI=1S/C14H16Cl2N4O/c1-9(13-11(15)4-3-5-12(13)16)6-18-14(21)10(2)20-8-17-7-19-20/h3-5,7-10H,6H2,1-2H3,(H,18,21). The van der Waals surface area contributed by atoms with Crippen molar-refractivity contribution in [2.45, 2.75) is 25.8 Å². The van der Waals surface area contributed by atoms with Gasteiger partial charge in [0.15, 0.2) is 0 Å². The highest BCUT2D eigenvalue weighted by atomic mass is 35.5. The van der Waals surface area contributed by atoms with E-state index in [-0.39, 0.29) is 11.8 Å². The molecule has 0 saturated carbocycles. The Balaban J connectivity index is 1.98. The molecule has 2 unspecified atom stereocenters. The van der Waals surface area contributed by atoms with Crippen LogP contribution in [0.4, 0.5) is 0 Å². The highest BCUT2D eigenvalue weighted by Crippen LogP contribution is 2.30. The van der Waals surface area contributed by atoms with Crippen molar-refractivity contribution in [2.75, 3.05) is 6.54 Å². The fourth-order valence-corrected chi connectivity index (χ4v) is 2.79. The highest BCUT2D eigenvalue weighted by Gasteiger charge is 2.18. The number of nitrogens with zero attached hydrogens (tertiary/aromatic N) is 3. The van der Waals surface area contributed by atoms with E-state index < -0.39 is 6.04 Å². The summed E-state index contributed by atoms with van der Waals surface area (Å²) in [7, 11) is 0. The van der Waals surface area contributed by atoms with Crippen molar-refractivity contribution in [1.82, 2.24) is 20.1 Å². The normalized spacial score (nSPS) is 13.7. The van der Waals surface area contributed by atoms with Gasteiger partial charge in [-0.25, -0.2) is 9.67 Å². The van der Waals surface area contributed by atoms with Gasteiger partial charge in [0.1, 0.15) is 18.7 Å². The average molecular weight is 327 g/mol. The summed E-state index contributed by atoms with van der Waals surface area (Å²) in [4.78, 5) is 15.9. The number of amides is 1. The number of hydrogen-bond donors (Lipinski definition) is 1. The van der Waals surface area contributed by atoms with Crippen LogP contribution in [0.1, 0.15) is 31.4 Å². The first kappa shape index (κ1) is 15.8. The van der Waals surface area contributed by atoms with E-state index in [1.807, 2.05) is 6.92 Å². The number of halogens is 2. The van der Waals surface area contributed by atoms with Crippen molar-refractivity contribution in [2.24, 2.45) is 0 Å². The van der Waals surface area contributed by atoms with Crippen LogP contribution in [0.2, 0.25) is 10.0 Å². The Labute approximate surface area is 133 Å². The highest BCUT2D eigenvalue weighted by molar-refractivity contribution is 6.36. The third-order valence-electron chi connectivity index (χ3n) is 3.29. The van der Waals surface area contributed by atoms with Crippen LogP contribution in [0.25, 0.3) is 0 Å². The van der Waals surface area contributed by atoms with Gasteiger partial charge in [-0.1, -0.05) is 36.2 Å². The van der Waals surface area contributed by atoms with Gasteiger partial charge in [0, 0.05) is 22.5 Å². The van der Waals surface area contributed by atoms with Crippen molar-refractivity contribution >= 4 is 29.1 Å². The number of aromatic nitrogens is 3. The quantitative estimate of drug-likeness (QED) is 0.918. The third-order valence-corrected chi connectivity index (χ3v) is 3.95. The number of hydrogen-bond acceptors (Lipinski definition) is 3. The number of carbonyl (C=O) groups excluding carboxylic acids is 1. The van der Waals surface area contributed by atoms with Crippen molar-refractivity contribution in [3.8, 4) is 0 Å². The van der Waals surface area contributed by atoms with Gasteiger partial charge >= 0.3 is 0 Å². The maximum atomic E-state index is 12.1. The van der Waals surface area contributed by atoms with E-state index in [9.17, 15) is 4.79 Å². The first-order valence-electron chi connectivity index (χ1n) is 6.56. The number of nitrogens with one attached hydrogen (secondary N) is 1. The maximum absolute atomic E-state index is 12.1. The minimum atomic E-state index is -0.415. The van der Waals surface area contributed by atoms with E-state index in [1.54, 1.807) is 25.1 Å². The van der Waals surface area contributed by atoms with E-state index in [0.717, 1.165) is 5.56 Å². The van der Waals surface area contributed by atoms with Crippen LogP contribution in [0.3, 0.4) is 0 Å². The lowest BCUT2D eigenvalue weighted by molar-refractivity contribution is -0.124. The lowest BCUT2D eigenvalue weighted by atomic mass is 10.0. The molecule has 1 aromatic heterocycles. The predicted octanol–water partition coefficient (Wildman–Crippen LogP) is 3.07.